The molecule has 0 aromatic carbocycles. The number of hydrogen-bond acceptors (Lipinski definition) is 3. The van der Waals surface area contributed by atoms with E-state index in [1.807, 2.05) is 7.05 Å². The summed E-state index contributed by atoms with van der Waals surface area (Å²) in [5, 5.41) is 11.2. The van der Waals surface area contributed by atoms with E-state index in [0.29, 0.717) is 0 Å². The van der Waals surface area contributed by atoms with Crippen molar-refractivity contribution in [2.45, 2.75) is 0 Å². The Balaban J connectivity index is 2.47. The average molecular weight is 140 g/mol. The zero-order chi connectivity index (χ0) is 7.40. The van der Waals surface area contributed by atoms with Crippen LogP contribution in [0.3, 0.4) is 0 Å². The SMILES string of the molecule is CN1CC=CC(/C=N/O)C1. The minimum atomic E-state index is 0.281. The Morgan fingerprint density at radius 1 is 1.80 bits per heavy atom. The van der Waals surface area contributed by atoms with Gasteiger partial charge in [-0.25, -0.2) is 0 Å². The van der Waals surface area contributed by atoms with Crippen molar-refractivity contribution in [2.24, 2.45) is 11.1 Å². The van der Waals surface area contributed by atoms with E-state index < -0.39 is 0 Å². The van der Waals surface area contributed by atoms with Crippen molar-refractivity contribution in [3.63, 3.8) is 0 Å². The van der Waals surface area contributed by atoms with Gasteiger partial charge in [-0.15, -0.1) is 5.16 Å². The van der Waals surface area contributed by atoms with Gasteiger partial charge in [0.25, 0.3) is 0 Å². The fourth-order valence-corrected chi connectivity index (χ4v) is 1.09. The van der Waals surface area contributed by atoms with Gasteiger partial charge >= 0.3 is 0 Å². The minimum absolute atomic E-state index is 0.281. The third kappa shape index (κ3) is 1.84. The fraction of sp³-hybridized carbons (Fsp3) is 0.571. The topological polar surface area (TPSA) is 35.8 Å². The molecule has 0 saturated carbocycles. The smallest absolute Gasteiger partial charge is 0.0517 e. The van der Waals surface area contributed by atoms with E-state index in [4.69, 9.17) is 5.21 Å². The minimum Gasteiger partial charge on any atom is -0.411 e. The summed E-state index contributed by atoms with van der Waals surface area (Å²) in [5.41, 5.74) is 0. The Kier molecular flexibility index (Phi) is 2.45. The maximum Gasteiger partial charge on any atom is 0.0517 e. The maximum atomic E-state index is 8.22. The second kappa shape index (κ2) is 3.37. The Morgan fingerprint density at radius 3 is 3.20 bits per heavy atom. The molecule has 1 N–H and O–H groups in total. The highest BCUT2D eigenvalue weighted by molar-refractivity contribution is 5.63. The molecule has 0 amide bonds. The second-order valence-electron chi connectivity index (χ2n) is 2.58. The molecule has 0 aliphatic carbocycles. The molecule has 1 heterocycles. The summed E-state index contributed by atoms with van der Waals surface area (Å²) in [6, 6.07) is 0. The first-order chi connectivity index (χ1) is 4.83. The van der Waals surface area contributed by atoms with Crippen molar-refractivity contribution in [2.75, 3.05) is 20.1 Å². The van der Waals surface area contributed by atoms with Crippen molar-refractivity contribution < 1.29 is 5.21 Å². The molecule has 0 aromatic rings. The lowest BCUT2D eigenvalue weighted by Crippen LogP contribution is -2.29. The molecule has 1 rings (SSSR count). The van der Waals surface area contributed by atoms with Crippen LogP contribution in [0.5, 0.6) is 0 Å². The van der Waals surface area contributed by atoms with Gasteiger partial charge in [-0.1, -0.05) is 12.2 Å². The molecule has 10 heavy (non-hydrogen) atoms. The maximum absolute atomic E-state index is 8.22. The molecule has 1 aliphatic rings. The van der Waals surface area contributed by atoms with E-state index in [1.165, 1.54) is 0 Å². The second-order valence-corrected chi connectivity index (χ2v) is 2.58. The number of oxime groups is 1. The third-order valence-electron chi connectivity index (χ3n) is 1.58. The largest absolute Gasteiger partial charge is 0.411 e. The lowest BCUT2D eigenvalue weighted by atomic mass is 10.1. The first-order valence-corrected chi connectivity index (χ1v) is 3.35. The van der Waals surface area contributed by atoms with Crippen LogP contribution in [-0.4, -0.2) is 36.5 Å². The quantitative estimate of drug-likeness (QED) is 0.250. The van der Waals surface area contributed by atoms with Gasteiger partial charge in [0.05, 0.1) is 6.21 Å². The van der Waals surface area contributed by atoms with Gasteiger partial charge in [-0.2, -0.15) is 0 Å². The van der Waals surface area contributed by atoms with Gasteiger partial charge in [0.15, 0.2) is 0 Å². The summed E-state index contributed by atoms with van der Waals surface area (Å²) in [4.78, 5) is 2.17. The van der Waals surface area contributed by atoms with Crippen LogP contribution in [0.4, 0.5) is 0 Å². The summed E-state index contributed by atoms with van der Waals surface area (Å²) < 4.78 is 0. The molecule has 3 nitrogen and oxygen atoms in total. The van der Waals surface area contributed by atoms with Crippen LogP contribution < -0.4 is 0 Å². The van der Waals surface area contributed by atoms with Crippen LogP contribution in [0.1, 0.15) is 0 Å². The number of rotatable bonds is 1. The van der Waals surface area contributed by atoms with Crippen molar-refractivity contribution in [1.82, 2.24) is 4.90 Å². The van der Waals surface area contributed by atoms with Gasteiger partial charge in [0.2, 0.25) is 0 Å². The van der Waals surface area contributed by atoms with E-state index in [1.54, 1.807) is 6.21 Å². The van der Waals surface area contributed by atoms with E-state index in [2.05, 4.69) is 22.2 Å². The Morgan fingerprint density at radius 2 is 2.60 bits per heavy atom. The molecule has 0 aromatic heterocycles. The third-order valence-corrected chi connectivity index (χ3v) is 1.58. The van der Waals surface area contributed by atoms with Crippen LogP contribution in [0, 0.1) is 5.92 Å². The van der Waals surface area contributed by atoms with Crippen molar-refractivity contribution in [3.8, 4) is 0 Å². The standard InChI is InChI=1S/C7H12N2O/c1-9-4-2-3-7(6-9)5-8-10/h2-3,5,7,10H,4,6H2,1H3/b8-5+. The van der Waals surface area contributed by atoms with Crippen LogP contribution >= 0.6 is 0 Å². The first kappa shape index (κ1) is 7.28. The van der Waals surface area contributed by atoms with Gasteiger partial charge in [-0.3, -0.25) is 0 Å². The highest BCUT2D eigenvalue weighted by atomic mass is 16.4. The van der Waals surface area contributed by atoms with Gasteiger partial charge in [0.1, 0.15) is 0 Å². The molecule has 1 aliphatic heterocycles. The summed E-state index contributed by atoms with van der Waals surface area (Å²) in [5.74, 6) is 0.281. The first-order valence-electron chi connectivity index (χ1n) is 3.35. The molecule has 3 heteroatoms. The van der Waals surface area contributed by atoms with Crippen molar-refractivity contribution in [3.05, 3.63) is 12.2 Å². The highest BCUT2D eigenvalue weighted by Crippen LogP contribution is 2.04. The van der Waals surface area contributed by atoms with E-state index in [0.717, 1.165) is 13.1 Å². The van der Waals surface area contributed by atoms with Gasteiger partial charge < -0.3 is 10.1 Å². The van der Waals surface area contributed by atoms with E-state index >= 15 is 0 Å². The normalized spacial score (nSPS) is 27.9. The monoisotopic (exact) mass is 140 g/mol. The Hall–Kier alpha value is -0.830. The lowest BCUT2D eigenvalue weighted by molar-refractivity contribution is 0.310. The van der Waals surface area contributed by atoms with Crippen LogP contribution in [0.15, 0.2) is 17.3 Å². The predicted octanol–water partition coefficient (Wildman–Crippen LogP) is 0.564. The zero-order valence-electron chi connectivity index (χ0n) is 6.07. The summed E-state index contributed by atoms with van der Waals surface area (Å²) in [6.07, 6.45) is 5.68. The van der Waals surface area contributed by atoms with Gasteiger partial charge in [-0.05, 0) is 7.05 Å². The van der Waals surface area contributed by atoms with Crippen LogP contribution in [0.25, 0.3) is 0 Å². The van der Waals surface area contributed by atoms with Crippen LogP contribution in [0.2, 0.25) is 0 Å². The molecule has 56 valence electrons. The molecule has 0 spiro atoms. The molecule has 0 radical (unpaired) electrons. The van der Waals surface area contributed by atoms with Crippen molar-refractivity contribution in [1.29, 1.82) is 0 Å². The molecule has 1 unspecified atom stereocenters. The van der Waals surface area contributed by atoms with Crippen molar-refractivity contribution >= 4 is 6.21 Å². The molecule has 0 fully saturated rings. The lowest BCUT2D eigenvalue weighted by Gasteiger charge is -2.21. The fourth-order valence-electron chi connectivity index (χ4n) is 1.09. The molecular formula is C7H12N2O. The van der Waals surface area contributed by atoms with Crippen LogP contribution in [-0.2, 0) is 0 Å². The summed E-state index contributed by atoms with van der Waals surface area (Å²) in [7, 11) is 2.04. The zero-order valence-corrected chi connectivity index (χ0v) is 6.07. The summed E-state index contributed by atoms with van der Waals surface area (Å²) in [6.45, 7) is 1.94. The summed E-state index contributed by atoms with van der Waals surface area (Å²) >= 11 is 0. The average Bonchev–Trinajstić information content (AvgIpc) is 1.88. The Bertz CT molecular complexity index is 154. The van der Waals surface area contributed by atoms with E-state index in [9.17, 15) is 0 Å². The number of likely N-dealkylation sites (N-methyl/N-ethyl adjacent to an activating group) is 1. The molecule has 1 atom stereocenters. The van der Waals surface area contributed by atoms with Gasteiger partial charge in [0, 0.05) is 19.0 Å². The predicted molar refractivity (Wildman–Crippen MR) is 40.4 cm³/mol. The van der Waals surface area contributed by atoms with E-state index in [-0.39, 0.29) is 5.92 Å². The number of hydrogen-bond donors (Lipinski definition) is 1. The molecule has 0 saturated heterocycles. The molecular weight excluding hydrogens is 128 g/mol. The number of nitrogens with zero attached hydrogens (tertiary/aromatic N) is 2. The Labute approximate surface area is 60.6 Å². The highest BCUT2D eigenvalue weighted by Gasteiger charge is 2.08. The molecule has 0 bridgehead atoms.